The maximum atomic E-state index is 11.4. The van der Waals surface area contributed by atoms with E-state index in [9.17, 15) is 4.79 Å². The Morgan fingerprint density at radius 3 is 1.85 bits per heavy atom. The molecule has 0 amide bonds. The molecule has 0 rings (SSSR count). The predicted octanol–water partition coefficient (Wildman–Crippen LogP) is 2.38. The van der Waals surface area contributed by atoms with E-state index in [2.05, 4.69) is 46.9 Å². The smallest absolute Gasteiger partial charge is 0.147 e. The van der Waals surface area contributed by atoms with Crippen LogP contribution in [-0.2, 0) is 4.79 Å². The summed E-state index contributed by atoms with van der Waals surface area (Å²) in [6.07, 6.45) is 0.649. The second-order valence-electron chi connectivity index (χ2n) is 5.88. The van der Waals surface area contributed by atoms with E-state index in [0.29, 0.717) is 18.7 Å². The Kier molecular flexibility index (Phi) is 4.11. The number of carbonyl (C=O) groups excluding carboxylic acids is 1. The van der Waals surface area contributed by atoms with Gasteiger partial charge >= 0.3 is 0 Å². The lowest BCUT2D eigenvalue weighted by atomic mass is 9.90. The second kappa shape index (κ2) is 4.23. The largest absolute Gasteiger partial charge is 0.305 e. The van der Waals surface area contributed by atoms with Crippen molar-refractivity contribution in [3.05, 3.63) is 0 Å². The highest BCUT2D eigenvalue weighted by Gasteiger charge is 2.17. The van der Waals surface area contributed by atoms with Gasteiger partial charge in [-0.3, -0.25) is 4.79 Å². The van der Waals surface area contributed by atoms with Gasteiger partial charge in [0.25, 0.3) is 0 Å². The van der Waals surface area contributed by atoms with Gasteiger partial charge in [-0.15, -0.1) is 0 Å². The molecule has 2 nitrogen and oxygen atoms in total. The number of rotatable bonds is 3. The minimum absolute atomic E-state index is 0.0353. The summed E-state index contributed by atoms with van der Waals surface area (Å²) in [5.41, 5.74) is 0.143. The average Bonchev–Trinajstić information content (AvgIpc) is 1.78. The summed E-state index contributed by atoms with van der Waals surface area (Å²) >= 11 is 0. The molecule has 0 saturated carbocycles. The van der Waals surface area contributed by atoms with Crippen LogP contribution in [0.15, 0.2) is 0 Å². The molecule has 2 heteroatoms. The molecule has 0 fully saturated rings. The number of hydrogen-bond acceptors (Lipinski definition) is 2. The Morgan fingerprint density at radius 1 is 1.08 bits per heavy atom. The lowest BCUT2D eigenvalue weighted by Gasteiger charge is -2.22. The van der Waals surface area contributed by atoms with Gasteiger partial charge in [-0.25, -0.2) is 0 Å². The van der Waals surface area contributed by atoms with Crippen molar-refractivity contribution in [1.29, 1.82) is 0 Å². The van der Waals surface area contributed by atoms with Crippen molar-refractivity contribution in [2.45, 2.75) is 53.5 Å². The fourth-order valence-corrected chi connectivity index (χ4v) is 1.02. The number of hydrogen-bond donors (Lipinski definition) is 1. The first-order valence-corrected chi connectivity index (χ1v) is 4.87. The summed E-state index contributed by atoms with van der Waals surface area (Å²) < 4.78 is 0. The second-order valence-corrected chi connectivity index (χ2v) is 5.88. The molecule has 0 aromatic rings. The Morgan fingerprint density at radius 2 is 1.54 bits per heavy atom. The normalized spacial score (nSPS) is 13.1. The monoisotopic (exact) mass is 185 g/mol. The quantitative estimate of drug-likeness (QED) is 0.731. The molecule has 0 aliphatic carbocycles. The minimum atomic E-state index is 0.0353. The topological polar surface area (TPSA) is 29.1 Å². The van der Waals surface area contributed by atoms with Gasteiger partial charge in [-0.1, -0.05) is 20.8 Å². The lowest BCUT2D eigenvalue weighted by molar-refractivity contribution is -0.120. The summed E-state index contributed by atoms with van der Waals surface area (Å²) in [4.78, 5) is 11.4. The molecule has 78 valence electrons. The van der Waals surface area contributed by atoms with Crippen LogP contribution in [-0.4, -0.2) is 17.9 Å². The third kappa shape index (κ3) is 9.54. The van der Waals surface area contributed by atoms with Crippen molar-refractivity contribution in [2.75, 3.05) is 6.54 Å². The zero-order valence-electron chi connectivity index (χ0n) is 9.82. The van der Waals surface area contributed by atoms with Gasteiger partial charge < -0.3 is 5.32 Å². The van der Waals surface area contributed by atoms with Gasteiger partial charge in [-0.2, -0.15) is 0 Å². The molecule has 0 atom stereocenters. The zero-order valence-corrected chi connectivity index (χ0v) is 9.82. The van der Waals surface area contributed by atoms with Crippen LogP contribution in [0.25, 0.3) is 0 Å². The predicted molar refractivity (Wildman–Crippen MR) is 56.8 cm³/mol. The van der Waals surface area contributed by atoms with Crippen LogP contribution >= 0.6 is 0 Å². The van der Waals surface area contributed by atoms with Crippen molar-refractivity contribution < 1.29 is 4.79 Å². The lowest BCUT2D eigenvalue weighted by Crippen LogP contribution is -2.40. The van der Waals surface area contributed by atoms with Gasteiger partial charge in [0.2, 0.25) is 0 Å². The van der Waals surface area contributed by atoms with Gasteiger partial charge in [0.15, 0.2) is 0 Å². The standard InChI is InChI=1S/C11H23NO/c1-10(2,3)7-9(13)8-12-11(4,5)6/h12H,7-8H2,1-6H3. The average molecular weight is 185 g/mol. The molecule has 0 aliphatic heterocycles. The summed E-state index contributed by atoms with van der Waals surface area (Å²) in [6.45, 7) is 12.9. The molecule has 0 radical (unpaired) electrons. The van der Waals surface area contributed by atoms with Crippen molar-refractivity contribution >= 4 is 5.78 Å². The SMILES string of the molecule is CC(C)(C)CC(=O)CNC(C)(C)C. The number of nitrogens with one attached hydrogen (secondary N) is 1. The number of ketones is 1. The molecular weight excluding hydrogens is 162 g/mol. The van der Waals surface area contributed by atoms with Gasteiger partial charge in [-0.05, 0) is 26.2 Å². The highest BCUT2D eigenvalue weighted by molar-refractivity contribution is 5.81. The zero-order chi connectivity index (χ0) is 10.7. The summed E-state index contributed by atoms with van der Waals surface area (Å²) in [5.74, 6) is 0.294. The Balaban J connectivity index is 3.78. The number of carbonyl (C=O) groups is 1. The van der Waals surface area contributed by atoms with Crippen LogP contribution in [0, 0.1) is 5.41 Å². The van der Waals surface area contributed by atoms with Crippen molar-refractivity contribution in [1.82, 2.24) is 5.32 Å². The first kappa shape index (κ1) is 12.6. The van der Waals surface area contributed by atoms with Crippen LogP contribution < -0.4 is 5.32 Å². The molecule has 13 heavy (non-hydrogen) atoms. The molecule has 0 unspecified atom stereocenters. The molecule has 1 N–H and O–H groups in total. The summed E-state index contributed by atoms with van der Waals surface area (Å²) in [7, 11) is 0. The van der Waals surface area contributed by atoms with Gasteiger partial charge in [0, 0.05) is 12.0 Å². The van der Waals surface area contributed by atoms with E-state index in [1.165, 1.54) is 0 Å². The van der Waals surface area contributed by atoms with E-state index in [4.69, 9.17) is 0 Å². The van der Waals surface area contributed by atoms with Crippen LogP contribution in [0.3, 0.4) is 0 Å². The van der Waals surface area contributed by atoms with Crippen molar-refractivity contribution in [2.24, 2.45) is 5.41 Å². The van der Waals surface area contributed by atoms with E-state index < -0.39 is 0 Å². The first-order chi connectivity index (χ1) is 5.60. The van der Waals surface area contributed by atoms with E-state index in [-0.39, 0.29) is 11.0 Å². The minimum Gasteiger partial charge on any atom is -0.305 e. The van der Waals surface area contributed by atoms with E-state index in [1.807, 2.05) is 0 Å². The van der Waals surface area contributed by atoms with Crippen LogP contribution in [0.5, 0.6) is 0 Å². The highest BCUT2D eigenvalue weighted by Crippen LogP contribution is 2.18. The molecule has 0 spiro atoms. The maximum Gasteiger partial charge on any atom is 0.147 e. The van der Waals surface area contributed by atoms with Crippen molar-refractivity contribution in [3.63, 3.8) is 0 Å². The third-order valence-electron chi connectivity index (χ3n) is 1.54. The highest BCUT2D eigenvalue weighted by atomic mass is 16.1. The Bertz CT molecular complexity index is 172. The van der Waals surface area contributed by atoms with E-state index in [0.717, 1.165) is 0 Å². The van der Waals surface area contributed by atoms with E-state index >= 15 is 0 Å². The fraction of sp³-hybridized carbons (Fsp3) is 0.909. The summed E-state index contributed by atoms with van der Waals surface area (Å²) in [5, 5.41) is 3.19. The first-order valence-electron chi connectivity index (χ1n) is 4.87. The molecule has 0 saturated heterocycles. The van der Waals surface area contributed by atoms with Crippen LogP contribution in [0.2, 0.25) is 0 Å². The fourth-order valence-electron chi connectivity index (χ4n) is 1.02. The van der Waals surface area contributed by atoms with Crippen molar-refractivity contribution in [3.8, 4) is 0 Å². The summed E-state index contributed by atoms with van der Waals surface area (Å²) in [6, 6.07) is 0. The molecule has 0 bridgehead atoms. The van der Waals surface area contributed by atoms with E-state index in [1.54, 1.807) is 0 Å². The molecular formula is C11H23NO. The molecule has 0 aromatic carbocycles. The Hall–Kier alpha value is -0.370. The third-order valence-corrected chi connectivity index (χ3v) is 1.54. The van der Waals surface area contributed by atoms with Crippen LogP contribution in [0.1, 0.15) is 48.0 Å². The maximum absolute atomic E-state index is 11.4. The molecule has 0 aromatic heterocycles. The van der Waals surface area contributed by atoms with Gasteiger partial charge in [0.05, 0.1) is 6.54 Å². The Labute approximate surface area is 82.1 Å². The van der Waals surface area contributed by atoms with Gasteiger partial charge in [0.1, 0.15) is 5.78 Å². The van der Waals surface area contributed by atoms with Crippen LogP contribution in [0.4, 0.5) is 0 Å². The molecule has 0 aliphatic rings. The number of Topliss-reactive ketones (excluding diaryl/α,β-unsaturated/α-hetero) is 1. The molecule has 0 heterocycles.